The number of anilines is 1. The molecule has 2 aromatic rings. The molecule has 2 heterocycles. The molecule has 8 heteroatoms. The van der Waals surface area contributed by atoms with Crippen LogP contribution >= 0.6 is 27.3 Å². The summed E-state index contributed by atoms with van der Waals surface area (Å²) in [6.45, 7) is 0. The lowest BCUT2D eigenvalue weighted by Crippen LogP contribution is -2.25. The largest absolute Gasteiger partial charge is 0.392 e. The molecule has 1 saturated carbocycles. The average Bonchev–Trinajstić information content (AvgIpc) is 3.23. The monoisotopic (exact) mass is 394 g/mol. The van der Waals surface area contributed by atoms with E-state index >= 15 is 0 Å². The van der Waals surface area contributed by atoms with Crippen molar-refractivity contribution in [1.29, 1.82) is 0 Å². The molecule has 0 saturated heterocycles. The van der Waals surface area contributed by atoms with Crippen LogP contribution in [0.1, 0.15) is 31.2 Å². The summed E-state index contributed by atoms with van der Waals surface area (Å²) in [5, 5.41) is 9.16. The molecule has 1 amide bonds. The minimum absolute atomic E-state index is 0.0843. The number of thiazole rings is 1. The van der Waals surface area contributed by atoms with Gasteiger partial charge in [0.15, 0.2) is 10.8 Å². The van der Waals surface area contributed by atoms with E-state index in [1.54, 1.807) is 29.9 Å². The maximum atomic E-state index is 12.5. The fraction of sp³-hybridized carbons (Fsp3) is 0.333. The van der Waals surface area contributed by atoms with Gasteiger partial charge < -0.3 is 4.84 Å². The highest BCUT2D eigenvalue weighted by Gasteiger charge is 2.20. The number of hydrogen-bond donors (Lipinski definition) is 1. The molecule has 1 aliphatic carbocycles. The van der Waals surface area contributed by atoms with Gasteiger partial charge in [-0.3, -0.25) is 10.1 Å². The average molecular weight is 395 g/mol. The normalized spacial score (nSPS) is 15.6. The maximum Gasteiger partial charge on any atom is 0.280 e. The molecule has 0 unspecified atom stereocenters. The second-order valence-corrected chi connectivity index (χ2v) is 6.82. The van der Waals surface area contributed by atoms with Crippen molar-refractivity contribution >= 4 is 44.0 Å². The Hall–Kier alpha value is -1.80. The van der Waals surface area contributed by atoms with Crippen LogP contribution in [0.15, 0.2) is 39.7 Å². The molecule has 0 radical (unpaired) electrons. The van der Waals surface area contributed by atoms with Gasteiger partial charge >= 0.3 is 0 Å². The summed E-state index contributed by atoms with van der Waals surface area (Å²) in [4.78, 5) is 26.3. The predicted molar refractivity (Wildman–Crippen MR) is 92.6 cm³/mol. The molecule has 6 nitrogen and oxygen atoms in total. The molecule has 0 bridgehead atoms. The van der Waals surface area contributed by atoms with E-state index in [9.17, 15) is 4.79 Å². The second kappa shape index (κ2) is 7.65. The van der Waals surface area contributed by atoms with Crippen LogP contribution < -0.4 is 5.32 Å². The number of carbonyl (C=O) groups is 1. The van der Waals surface area contributed by atoms with E-state index in [2.05, 4.69) is 36.4 Å². The number of aromatic nitrogens is 2. The minimum atomic E-state index is -0.359. The van der Waals surface area contributed by atoms with Gasteiger partial charge in [-0.2, -0.15) is 0 Å². The van der Waals surface area contributed by atoms with Crippen LogP contribution in [0.25, 0.3) is 0 Å². The predicted octanol–water partition coefficient (Wildman–Crippen LogP) is 3.60. The number of oxime groups is 1. The summed E-state index contributed by atoms with van der Waals surface area (Å²) in [5.41, 5.74) is 0.798. The van der Waals surface area contributed by atoms with Gasteiger partial charge in [-0.25, -0.2) is 9.97 Å². The Morgan fingerprint density at radius 3 is 2.83 bits per heavy atom. The van der Waals surface area contributed by atoms with Crippen molar-refractivity contribution in [3.63, 3.8) is 0 Å². The van der Waals surface area contributed by atoms with Crippen molar-refractivity contribution in [3.8, 4) is 0 Å². The first-order valence-corrected chi connectivity index (χ1v) is 8.96. The molecule has 0 atom stereocenters. The molecule has 0 aliphatic heterocycles. The number of hydrogen-bond acceptors (Lipinski definition) is 6. The first kappa shape index (κ1) is 16.1. The summed E-state index contributed by atoms with van der Waals surface area (Å²) < 4.78 is 0.692. The molecule has 0 aromatic carbocycles. The number of halogens is 1. The zero-order chi connectivity index (χ0) is 16.1. The Balaban J connectivity index is 1.80. The highest BCUT2D eigenvalue weighted by molar-refractivity contribution is 9.10. The molecule has 1 aliphatic rings. The fourth-order valence-electron chi connectivity index (χ4n) is 2.30. The molecule has 1 N–H and O–H groups in total. The summed E-state index contributed by atoms with van der Waals surface area (Å²) in [7, 11) is 0. The summed E-state index contributed by atoms with van der Waals surface area (Å²) in [6, 6.07) is 3.53. The van der Waals surface area contributed by atoms with Crippen LogP contribution in [0.4, 0.5) is 5.13 Å². The van der Waals surface area contributed by atoms with E-state index < -0.39 is 0 Å². The van der Waals surface area contributed by atoms with Gasteiger partial charge in [0.1, 0.15) is 10.7 Å². The summed E-state index contributed by atoms with van der Waals surface area (Å²) >= 11 is 4.63. The lowest BCUT2D eigenvalue weighted by molar-refractivity contribution is -0.110. The van der Waals surface area contributed by atoms with E-state index in [-0.39, 0.29) is 17.7 Å². The number of pyridine rings is 1. The quantitative estimate of drug-likeness (QED) is 0.477. The molecule has 1 fully saturated rings. The number of rotatable bonds is 5. The Bertz CT molecular complexity index is 682. The van der Waals surface area contributed by atoms with Crippen LogP contribution in [0.2, 0.25) is 0 Å². The molecule has 2 aromatic heterocycles. The maximum absolute atomic E-state index is 12.5. The highest BCUT2D eigenvalue weighted by Crippen LogP contribution is 2.21. The Morgan fingerprint density at radius 2 is 2.17 bits per heavy atom. The zero-order valence-corrected chi connectivity index (χ0v) is 14.6. The van der Waals surface area contributed by atoms with E-state index in [1.165, 1.54) is 11.3 Å². The van der Waals surface area contributed by atoms with Crippen LogP contribution in [-0.4, -0.2) is 27.7 Å². The van der Waals surface area contributed by atoms with Gasteiger partial charge in [0.05, 0.1) is 0 Å². The molecular weight excluding hydrogens is 380 g/mol. The lowest BCUT2D eigenvalue weighted by atomic mass is 10.2. The smallest absolute Gasteiger partial charge is 0.280 e. The van der Waals surface area contributed by atoms with Gasteiger partial charge in [0.2, 0.25) is 0 Å². The zero-order valence-electron chi connectivity index (χ0n) is 12.2. The molecule has 23 heavy (non-hydrogen) atoms. The standard InChI is InChI=1S/C15H15BrN4O2S/c16-12-6-5-10(9-18-12)13(20-22-11-3-1-2-4-11)14(21)19-15-17-7-8-23-15/h5-9,11H,1-4H2,(H,17,19,21). The van der Waals surface area contributed by atoms with E-state index in [1.807, 2.05) is 0 Å². The van der Waals surface area contributed by atoms with Crippen molar-refractivity contribution < 1.29 is 9.63 Å². The third-order valence-corrected chi connectivity index (χ3v) is 4.62. The Morgan fingerprint density at radius 1 is 1.35 bits per heavy atom. The Labute approximate surface area is 146 Å². The van der Waals surface area contributed by atoms with Gasteiger partial charge in [-0.05, 0) is 53.7 Å². The number of amides is 1. The first-order valence-electron chi connectivity index (χ1n) is 7.29. The number of nitrogens with zero attached hydrogens (tertiary/aromatic N) is 3. The van der Waals surface area contributed by atoms with Gasteiger partial charge in [0.25, 0.3) is 5.91 Å². The second-order valence-electron chi connectivity index (χ2n) is 5.11. The molecule has 3 rings (SSSR count). The molecule has 120 valence electrons. The summed E-state index contributed by atoms with van der Waals surface area (Å²) in [6.07, 6.45) is 7.53. The number of nitrogens with one attached hydrogen (secondary N) is 1. The van der Waals surface area contributed by atoms with Crippen LogP contribution in [0.5, 0.6) is 0 Å². The number of carbonyl (C=O) groups excluding carboxylic acids is 1. The SMILES string of the molecule is O=C(Nc1nccs1)C(=NOC1CCCC1)c1ccc(Br)nc1. The van der Waals surface area contributed by atoms with E-state index in [0.29, 0.717) is 15.3 Å². The third kappa shape index (κ3) is 4.35. The fourth-order valence-corrected chi connectivity index (χ4v) is 3.06. The van der Waals surface area contributed by atoms with Gasteiger partial charge in [-0.15, -0.1) is 11.3 Å². The third-order valence-electron chi connectivity index (χ3n) is 3.46. The van der Waals surface area contributed by atoms with Crippen molar-refractivity contribution in [2.45, 2.75) is 31.8 Å². The van der Waals surface area contributed by atoms with Crippen molar-refractivity contribution in [2.75, 3.05) is 5.32 Å². The van der Waals surface area contributed by atoms with E-state index in [4.69, 9.17) is 4.84 Å². The van der Waals surface area contributed by atoms with Crippen LogP contribution in [0, 0.1) is 0 Å². The van der Waals surface area contributed by atoms with Gasteiger partial charge in [0, 0.05) is 23.3 Å². The Kier molecular flexibility index (Phi) is 5.35. The van der Waals surface area contributed by atoms with Gasteiger partial charge in [-0.1, -0.05) is 5.16 Å². The van der Waals surface area contributed by atoms with Crippen LogP contribution in [-0.2, 0) is 9.63 Å². The van der Waals surface area contributed by atoms with Crippen LogP contribution in [0.3, 0.4) is 0 Å². The summed E-state index contributed by atoms with van der Waals surface area (Å²) in [5.74, 6) is -0.359. The van der Waals surface area contributed by atoms with Crippen molar-refractivity contribution in [1.82, 2.24) is 9.97 Å². The van der Waals surface area contributed by atoms with E-state index in [0.717, 1.165) is 25.7 Å². The topological polar surface area (TPSA) is 76.5 Å². The van der Waals surface area contributed by atoms with Crippen molar-refractivity contribution in [3.05, 3.63) is 40.1 Å². The highest BCUT2D eigenvalue weighted by atomic mass is 79.9. The first-order chi connectivity index (χ1) is 11.2. The lowest BCUT2D eigenvalue weighted by Gasteiger charge is -2.10. The van der Waals surface area contributed by atoms with Crippen molar-refractivity contribution in [2.24, 2.45) is 5.16 Å². The minimum Gasteiger partial charge on any atom is -0.392 e. The molecule has 0 spiro atoms. The molecular formula is C15H15BrN4O2S.